The van der Waals surface area contributed by atoms with E-state index in [4.69, 9.17) is 16.9 Å². The van der Waals surface area contributed by atoms with Crippen molar-refractivity contribution in [3.05, 3.63) is 34.9 Å². The maximum absolute atomic E-state index is 9.23. The first kappa shape index (κ1) is 9.63. The van der Waals surface area contributed by atoms with Crippen LogP contribution < -0.4 is 0 Å². The van der Waals surface area contributed by atoms with Crippen LogP contribution in [0.4, 0.5) is 0 Å². The van der Waals surface area contributed by atoms with E-state index in [1.165, 1.54) is 6.07 Å². The summed E-state index contributed by atoms with van der Waals surface area (Å²) in [6, 6.07) is 6.97. The van der Waals surface area contributed by atoms with Crippen LogP contribution in [0.15, 0.2) is 24.3 Å². The van der Waals surface area contributed by atoms with Gasteiger partial charge in [0, 0.05) is 0 Å². The van der Waals surface area contributed by atoms with Crippen molar-refractivity contribution in [2.75, 3.05) is 0 Å². The first-order chi connectivity index (χ1) is 6.25. The number of nitriles is 1. The number of phenolic OH excluding ortho intramolecular Hbond substituents is 1. The summed E-state index contributed by atoms with van der Waals surface area (Å²) >= 11 is 5.79. The van der Waals surface area contributed by atoms with Crippen LogP contribution in [-0.2, 0) is 0 Å². The van der Waals surface area contributed by atoms with Crippen LogP contribution in [0.2, 0.25) is 5.02 Å². The van der Waals surface area contributed by atoms with Gasteiger partial charge in [-0.2, -0.15) is 5.26 Å². The van der Waals surface area contributed by atoms with E-state index < -0.39 is 0 Å². The molecule has 0 atom stereocenters. The maximum atomic E-state index is 9.23. The third-order valence-corrected chi connectivity index (χ3v) is 1.93. The van der Waals surface area contributed by atoms with Crippen LogP contribution in [-0.4, -0.2) is 5.11 Å². The van der Waals surface area contributed by atoms with Crippen molar-refractivity contribution in [3.8, 4) is 11.8 Å². The average Bonchev–Trinajstić information content (AvgIpc) is 2.13. The van der Waals surface area contributed by atoms with Crippen LogP contribution in [0.25, 0.3) is 6.08 Å². The molecule has 0 heterocycles. The molecule has 66 valence electrons. The molecular weight excluding hydrogens is 186 g/mol. The Morgan fingerprint density at radius 3 is 3.00 bits per heavy atom. The Labute approximate surface area is 81.7 Å². The summed E-state index contributed by atoms with van der Waals surface area (Å²) in [5.41, 5.74) is 0.719. The van der Waals surface area contributed by atoms with Gasteiger partial charge in [-0.05, 0) is 11.6 Å². The number of rotatable bonds is 2. The van der Waals surface area contributed by atoms with Gasteiger partial charge in [-0.3, -0.25) is 0 Å². The van der Waals surface area contributed by atoms with Gasteiger partial charge in [0.05, 0.1) is 17.5 Å². The normalized spacial score (nSPS) is 10.2. The summed E-state index contributed by atoms with van der Waals surface area (Å²) in [6.45, 7) is 0. The van der Waals surface area contributed by atoms with E-state index in [-0.39, 0.29) is 5.75 Å². The van der Waals surface area contributed by atoms with Crippen LogP contribution in [0.5, 0.6) is 5.75 Å². The Hall–Kier alpha value is -1.46. The van der Waals surface area contributed by atoms with Gasteiger partial charge in [0.15, 0.2) is 0 Å². The van der Waals surface area contributed by atoms with Crippen LogP contribution in [0, 0.1) is 11.3 Å². The molecule has 0 spiro atoms. The van der Waals surface area contributed by atoms with Crippen molar-refractivity contribution in [2.45, 2.75) is 6.42 Å². The predicted molar refractivity (Wildman–Crippen MR) is 52.4 cm³/mol. The molecule has 1 aromatic carbocycles. The zero-order valence-electron chi connectivity index (χ0n) is 6.87. The van der Waals surface area contributed by atoms with E-state index in [2.05, 4.69) is 0 Å². The summed E-state index contributed by atoms with van der Waals surface area (Å²) in [4.78, 5) is 0. The quantitative estimate of drug-likeness (QED) is 0.785. The molecule has 0 saturated heterocycles. The number of hydrogen-bond donors (Lipinski definition) is 1. The first-order valence-corrected chi connectivity index (χ1v) is 4.14. The van der Waals surface area contributed by atoms with E-state index in [1.807, 2.05) is 6.07 Å². The van der Waals surface area contributed by atoms with Gasteiger partial charge in [-0.1, -0.05) is 35.9 Å². The molecule has 0 unspecified atom stereocenters. The number of phenols is 1. The number of allylic oxidation sites excluding steroid dienone is 1. The summed E-state index contributed by atoms with van der Waals surface area (Å²) in [6.07, 6.45) is 3.75. The van der Waals surface area contributed by atoms with E-state index in [9.17, 15) is 5.11 Å². The standard InChI is InChI=1S/C10H8ClNO/c11-10-8(4-1-2-7-12)5-3-6-9(10)13/h1,3-6,13H,2H2. The number of benzene rings is 1. The monoisotopic (exact) mass is 193 g/mol. The molecule has 0 aliphatic rings. The second kappa shape index (κ2) is 4.54. The molecule has 2 nitrogen and oxygen atoms in total. The van der Waals surface area contributed by atoms with Gasteiger partial charge < -0.3 is 5.11 Å². The van der Waals surface area contributed by atoms with Crippen molar-refractivity contribution < 1.29 is 5.11 Å². The molecule has 3 heteroatoms. The van der Waals surface area contributed by atoms with Crippen LogP contribution in [0.3, 0.4) is 0 Å². The minimum atomic E-state index is 0.0563. The number of halogens is 1. The second-order valence-corrected chi connectivity index (χ2v) is 2.82. The lowest BCUT2D eigenvalue weighted by Crippen LogP contribution is -1.75. The van der Waals surface area contributed by atoms with Crippen molar-refractivity contribution in [2.24, 2.45) is 0 Å². The predicted octanol–water partition coefficient (Wildman–Crippen LogP) is 2.97. The van der Waals surface area contributed by atoms with Crippen molar-refractivity contribution in [3.63, 3.8) is 0 Å². The second-order valence-electron chi connectivity index (χ2n) is 2.44. The van der Waals surface area contributed by atoms with Gasteiger partial charge in [-0.15, -0.1) is 0 Å². The average molecular weight is 194 g/mol. The van der Waals surface area contributed by atoms with Gasteiger partial charge in [0.25, 0.3) is 0 Å². The summed E-state index contributed by atoms with van der Waals surface area (Å²) in [5.74, 6) is 0.0563. The topological polar surface area (TPSA) is 44.0 Å². The first-order valence-electron chi connectivity index (χ1n) is 3.76. The molecule has 0 saturated carbocycles. The van der Waals surface area contributed by atoms with Crippen molar-refractivity contribution in [1.82, 2.24) is 0 Å². The van der Waals surface area contributed by atoms with Crippen molar-refractivity contribution in [1.29, 1.82) is 5.26 Å². The zero-order valence-corrected chi connectivity index (χ0v) is 7.62. The van der Waals surface area contributed by atoms with E-state index >= 15 is 0 Å². The summed E-state index contributed by atoms with van der Waals surface area (Å²) < 4.78 is 0. The number of aromatic hydroxyl groups is 1. The van der Waals surface area contributed by atoms with Gasteiger partial charge in [0.1, 0.15) is 5.75 Å². The molecule has 1 N–H and O–H groups in total. The van der Waals surface area contributed by atoms with Crippen LogP contribution in [0.1, 0.15) is 12.0 Å². The minimum Gasteiger partial charge on any atom is -0.506 e. The molecule has 0 aliphatic heterocycles. The molecule has 1 rings (SSSR count). The van der Waals surface area contributed by atoms with Gasteiger partial charge in [0.2, 0.25) is 0 Å². The fourth-order valence-corrected chi connectivity index (χ4v) is 1.09. The SMILES string of the molecule is N#CCC=Cc1cccc(O)c1Cl. The van der Waals surface area contributed by atoms with Crippen molar-refractivity contribution >= 4 is 17.7 Å². The van der Waals surface area contributed by atoms with Crippen LogP contribution >= 0.6 is 11.6 Å². The highest BCUT2D eigenvalue weighted by Crippen LogP contribution is 2.27. The number of hydrogen-bond acceptors (Lipinski definition) is 2. The Morgan fingerprint density at radius 2 is 2.31 bits per heavy atom. The number of nitrogens with zero attached hydrogens (tertiary/aromatic N) is 1. The lowest BCUT2D eigenvalue weighted by atomic mass is 10.2. The molecule has 0 aliphatic carbocycles. The molecule has 0 radical (unpaired) electrons. The lowest BCUT2D eigenvalue weighted by molar-refractivity contribution is 0.475. The van der Waals surface area contributed by atoms with E-state index in [0.29, 0.717) is 11.4 Å². The summed E-state index contributed by atoms with van der Waals surface area (Å²) in [7, 11) is 0. The highest BCUT2D eigenvalue weighted by molar-refractivity contribution is 6.33. The molecule has 0 amide bonds. The largest absolute Gasteiger partial charge is 0.506 e. The van der Waals surface area contributed by atoms with Gasteiger partial charge in [-0.25, -0.2) is 0 Å². The smallest absolute Gasteiger partial charge is 0.134 e. The maximum Gasteiger partial charge on any atom is 0.134 e. The molecular formula is C10H8ClNO. The lowest BCUT2D eigenvalue weighted by Gasteiger charge is -1.99. The Bertz CT molecular complexity index is 366. The highest BCUT2D eigenvalue weighted by Gasteiger charge is 2.00. The van der Waals surface area contributed by atoms with Gasteiger partial charge >= 0.3 is 0 Å². The minimum absolute atomic E-state index is 0.0563. The third kappa shape index (κ3) is 2.50. The third-order valence-electron chi connectivity index (χ3n) is 1.51. The summed E-state index contributed by atoms with van der Waals surface area (Å²) in [5, 5.41) is 17.8. The molecule has 0 bridgehead atoms. The fraction of sp³-hybridized carbons (Fsp3) is 0.100. The molecule has 0 fully saturated rings. The zero-order chi connectivity index (χ0) is 9.68. The Kier molecular flexibility index (Phi) is 3.36. The van der Waals surface area contributed by atoms with E-state index in [1.54, 1.807) is 24.3 Å². The Balaban J connectivity index is 2.90. The highest BCUT2D eigenvalue weighted by atomic mass is 35.5. The van der Waals surface area contributed by atoms with E-state index in [0.717, 1.165) is 5.56 Å². The Morgan fingerprint density at radius 1 is 1.54 bits per heavy atom. The molecule has 0 aromatic heterocycles. The molecule has 13 heavy (non-hydrogen) atoms. The fourth-order valence-electron chi connectivity index (χ4n) is 0.904. The molecule has 1 aromatic rings.